The van der Waals surface area contributed by atoms with Gasteiger partial charge in [0.25, 0.3) is 0 Å². The van der Waals surface area contributed by atoms with Gasteiger partial charge in [-0.1, -0.05) is 23.2 Å². The Kier molecular flexibility index (Phi) is 2.96. The van der Waals surface area contributed by atoms with Crippen LogP contribution in [0, 0.1) is 6.92 Å². The van der Waals surface area contributed by atoms with Gasteiger partial charge in [-0.15, -0.1) is 0 Å². The summed E-state index contributed by atoms with van der Waals surface area (Å²) in [7, 11) is 0. The van der Waals surface area contributed by atoms with Gasteiger partial charge < -0.3 is 0 Å². The van der Waals surface area contributed by atoms with Crippen LogP contribution in [0.25, 0.3) is 10.9 Å². The SMILES string of the molecule is Cc1cc2c(Cl)cc(C(F)(F)F)nc2cc1Cl. The Morgan fingerprint density at radius 1 is 1.06 bits per heavy atom. The molecule has 0 saturated heterocycles. The molecular weight excluding hydrogens is 274 g/mol. The maximum Gasteiger partial charge on any atom is 0.433 e. The minimum atomic E-state index is -4.52. The molecule has 6 heteroatoms. The molecule has 1 nitrogen and oxygen atoms in total. The van der Waals surface area contributed by atoms with Crippen LogP contribution in [0.15, 0.2) is 18.2 Å². The second-order valence-electron chi connectivity index (χ2n) is 3.61. The highest BCUT2D eigenvalue weighted by Crippen LogP contribution is 2.34. The molecule has 0 bridgehead atoms. The van der Waals surface area contributed by atoms with Crippen LogP contribution in [0.4, 0.5) is 13.2 Å². The predicted octanol–water partition coefficient (Wildman–Crippen LogP) is 4.87. The molecule has 17 heavy (non-hydrogen) atoms. The average molecular weight is 280 g/mol. The van der Waals surface area contributed by atoms with E-state index >= 15 is 0 Å². The van der Waals surface area contributed by atoms with Gasteiger partial charge in [-0.05, 0) is 30.7 Å². The number of pyridine rings is 1. The molecule has 90 valence electrons. The third-order valence-corrected chi connectivity index (χ3v) is 3.05. The van der Waals surface area contributed by atoms with Crippen molar-refractivity contribution in [3.63, 3.8) is 0 Å². The Hall–Kier alpha value is -1.00. The molecule has 0 saturated carbocycles. The van der Waals surface area contributed by atoms with Gasteiger partial charge in [0.1, 0.15) is 5.69 Å². The van der Waals surface area contributed by atoms with E-state index in [1.807, 2.05) is 0 Å². The van der Waals surface area contributed by atoms with Gasteiger partial charge in [-0.2, -0.15) is 13.2 Å². The molecule has 0 aliphatic carbocycles. The van der Waals surface area contributed by atoms with E-state index in [-0.39, 0.29) is 10.5 Å². The molecule has 1 aromatic carbocycles. The van der Waals surface area contributed by atoms with E-state index in [9.17, 15) is 13.2 Å². The van der Waals surface area contributed by atoms with Crippen molar-refractivity contribution in [3.05, 3.63) is 39.5 Å². The van der Waals surface area contributed by atoms with Crippen LogP contribution in [0.5, 0.6) is 0 Å². The van der Waals surface area contributed by atoms with Crippen molar-refractivity contribution in [2.24, 2.45) is 0 Å². The second kappa shape index (κ2) is 4.03. The highest BCUT2D eigenvalue weighted by Gasteiger charge is 2.33. The van der Waals surface area contributed by atoms with Gasteiger partial charge in [0, 0.05) is 10.4 Å². The zero-order valence-electron chi connectivity index (χ0n) is 8.57. The molecule has 0 amide bonds. The van der Waals surface area contributed by atoms with Gasteiger partial charge in [0.2, 0.25) is 0 Å². The van der Waals surface area contributed by atoms with E-state index in [1.54, 1.807) is 13.0 Å². The van der Waals surface area contributed by atoms with Crippen molar-refractivity contribution >= 4 is 34.1 Å². The molecule has 0 radical (unpaired) electrons. The first kappa shape index (κ1) is 12.5. The van der Waals surface area contributed by atoms with Crippen LogP contribution in [-0.2, 0) is 6.18 Å². The molecule has 0 unspecified atom stereocenters. The van der Waals surface area contributed by atoms with Gasteiger partial charge in [0.15, 0.2) is 0 Å². The number of alkyl halides is 3. The van der Waals surface area contributed by atoms with E-state index in [0.29, 0.717) is 10.4 Å². The molecule has 0 aliphatic heterocycles. The number of hydrogen-bond acceptors (Lipinski definition) is 1. The largest absolute Gasteiger partial charge is 0.433 e. The van der Waals surface area contributed by atoms with Crippen molar-refractivity contribution in [3.8, 4) is 0 Å². The maximum absolute atomic E-state index is 12.5. The van der Waals surface area contributed by atoms with E-state index in [2.05, 4.69) is 4.98 Å². The number of fused-ring (bicyclic) bond motifs is 1. The molecular formula is C11H6Cl2F3N. The zero-order chi connectivity index (χ0) is 12.8. The Bertz CT molecular complexity index is 593. The minimum Gasteiger partial charge on any atom is -0.243 e. The van der Waals surface area contributed by atoms with Crippen molar-refractivity contribution in [2.45, 2.75) is 13.1 Å². The molecule has 0 spiro atoms. The molecule has 0 fully saturated rings. The molecule has 1 aromatic heterocycles. The van der Waals surface area contributed by atoms with Gasteiger partial charge in [0.05, 0.1) is 10.5 Å². The topological polar surface area (TPSA) is 12.9 Å². The summed E-state index contributed by atoms with van der Waals surface area (Å²) < 4.78 is 37.6. The lowest BCUT2D eigenvalue weighted by atomic mass is 10.1. The molecule has 0 N–H and O–H groups in total. The fourth-order valence-corrected chi connectivity index (χ4v) is 1.87. The quantitative estimate of drug-likeness (QED) is 0.671. The fourth-order valence-electron chi connectivity index (χ4n) is 1.46. The maximum atomic E-state index is 12.5. The van der Waals surface area contributed by atoms with Crippen LogP contribution >= 0.6 is 23.2 Å². The first-order valence-corrected chi connectivity index (χ1v) is 5.38. The Morgan fingerprint density at radius 3 is 2.29 bits per heavy atom. The van der Waals surface area contributed by atoms with Crippen molar-refractivity contribution in [1.29, 1.82) is 0 Å². The minimum absolute atomic E-state index is 0.0158. The van der Waals surface area contributed by atoms with E-state index in [0.717, 1.165) is 11.6 Å². The molecule has 2 rings (SSSR count). The molecule has 0 atom stereocenters. The summed E-state index contributed by atoms with van der Waals surface area (Å²) in [6.45, 7) is 1.75. The Balaban J connectivity index is 2.78. The Morgan fingerprint density at radius 2 is 1.71 bits per heavy atom. The summed E-state index contributed by atoms with van der Waals surface area (Å²) in [6, 6.07) is 3.82. The number of aromatic nitrogens is 1. The normalized spacial score (nSPS) is 12.1. The van der Waals surface area contributed by atoms with Crippen LogP contribution in [0.1, 0.15) is 11.3 Å². The van der Waals surface area contributed by atoms with Crippen LogP contribution in [-0.4, -0.2) is 4.98 Å². The first-order chi connectivity index (χ1) is 7.79. The summed E-state index contributed by atoms with van der Waals surface area (Å²) in [5.41, 5.74) is -0.141. The van der Waals surface area contributed by atoms with Gasteiger partial charge in [-0.3, -0.25) is 0 Å². The highest BCUT2D eigenvalue weighted by atomic mass is 35.5. The van der Waals surface area contributed by atoms with Crippen LogP contribution in [0.2, 0.25) is 10.0 Å². The summed E-state index contributed by atoms with van der Waals surface area (Å²) in [5, 5.41) is 0.837. The monoisotopic (exact) mass is 279 g/mol. The lowest BCUT2D eigenvalue weighted by Crippen LogP contribution is -2.08. The zero-order valence-corrected chi connectivity index (χ0v) is 10.1. The molecule has 1 heterocycles. The van der Waals surface area contributed by atoms with Gasteiger partial charge in [-0.25, -0.2) is 4.98 Å². The lowest BCUT2D eigenvalue weighted by molar-refractivity contribution is -0.140. The summed E-state index contributed by atoms with van der Waals surface area (Å²) in [5.74, 6) is 0. The number of hydrogen-bond donors (Lipinski definition) is 0. The molecule has 2 aromatic rings. The fraction of sp³-hybridized carbons (Fsp3) is 0.182. The Labute approximate surface area is 105 Å². The average Bonchev–Trinajstić information content (AvgIpc) is 2.19. The van der Waals surface area contributed by atoms with E-state index < -0.39 is 11.9 Å². The standard InChI is InChI=1S/C11H6Cl2F3N/c1-5-2-6-8(13)4-10(11(14,15)16)17-9(6)3-7(5)12/h2-4H,1H3. The second-order valence-corrected chi connectivity index (χ2v) is 4.42. The van der Waals surface area contributed by atoms with Crippen molar-refractivity contribution in [1.82, 2.24) is 4.98 Å². The smallest absolute Gasteiger partial charge is 0.243 e. The number of rotatable bonds is 0. The first-order valence-electron chi connectivity index (χ1n) is 4.62. The summed E-state index contributed by atoms with van der Waals surface area (Å²) in [6.07, 6.45) is -4.52. The lowest BCUT2D eigenvalue weighted by Gasteiger charge is -2.09. The predicted molar refractivity (Wildman–Crippen MR) is 61.5 cm³/mol. The van der Waals surface area contributed by atoms with Crippen LogP contribution < -0.4 is 0 Å². The summed E-state index contributed by atoms with van der Waals surface area (Å²) >= 11 is 11.7. The third-order valence-electron chi connectivity index (χ3n) is 2.33. The highest BCUT2D eigenvalue weighted by molar-refractivity contribution is 6.36. The van der Waals surface area contributed by atoms with E-state index in [4.69, 9.17) is 23.2 Å². The van der Waals surface area contributed by atoms with Crippen LogP contribution in [0.3, 0.4) is 0 Å². The van der Waals surface area contributed by atoms with E-state index in [1.165, 1.54) is 6.07 Å². The van der Waals surface area contributed by atoms with Crippen molar-refractivity contribution in [2.75, 3.05) is 0 Å². The number of benzene rings is 1. The van der Waals surface area contributed by atoms with Gasteiger partial charge >= 0.3 is 6.18 Å². The number of aryl methyl sites for hydroxylation is 1. The summed E-state index contributed by atoms with van der Waals surface area (Å²) in [4.78, 5) is 3.52. The number of nitrogens with zero attached hydrogens (tertiary/aromatic N) is 1. The molecule has 0 aliphatic rings. The number of halogens is 5. The van der Waals surface area contributed by atoms with Crippen molar-refractivity contribution < 1.29 is 13.2 Å². The third kappa shape index (κ3) is 2.33.